The Hall–Kier alpha value is -1.44. The highest BCUT2D eigenvalue weighted by atomic mass is 16.3. The van der Waals surface area contributed by atoms with Crippen LogP contribution in [0.4, 0.5) is 0 Å². The minimum Gasteiger partial charge on any atom is -0.396 e. The van der Waals surface area contributed by atoms with Crippen molar-refractivity contribution in [1.82, 2.24) is 24.5 Å². The lowest BCUT2D eigenvalue weighted by atomic mass is 9.96. The third-order valence-corrected chi connectivity index (χ3v) is 5.23. The van der Waals surface area contributed by atoms with E-state index in [0.717, 1.165) is 39.3 Å². The van der Waals surface area contributed by atoms with Gasteiger partial charge in [-0.05, 0) is 19.0 Å². The number of piperazine rings is 1. The zero-order valence-electron chi connectivity index (χ0n) is 14.1. The summed E-state index contributed by atoms with van der Waals surface area (Å²) in [6, 6.07) is 1.75. The molecule has 128 valence electrons. The molecule has 0 unspecified atom stereocenters. The molecule has 0 spiro atoms. The molecule has 0 saturated carbocycles. The number of aromatic nitrogens is 2. The number of likely N-dealkylation sites (N-methyl/N-ethyl adjacent to an activating group) is 1. The Labute approximate surface area is 137 Å². The van der Waals surface area contributed by atoms with E-state index in [0.29, 0.717) is 18.2 Å². The van der Waals surface area contributed by atoms with Crippen molar-refractivity contribution in [2.24, 2.45) is 18.9 Å². The van der Waals surface area contributed by atoms with E-state index >= 15 is 0 Å². The fourth-order valence-corrected chi connectivity index (χ4v) is 3.63. The van der Waals surface area contributed by atoms with Gasteiger partial charge in [-0.15, -0.1) is 0 Å². The Bertz CT molecular complexity index is 538. The summed E-state index contributed by atoms with van der Waals surface area (Å²) in [5.74, 6) is 0.539. The SMILES string of the molecule is CN1CCN(C[C@@H]2CN(C(=O)c3ccnn3C)C[C@@H]2CO)CC1. The largest absolute Gasteiger partial charge is 0.396 e. The molecule has 7 heteroatoms. The maximum Gasteiger partial charge on any atom is 0.272 e. The molecule has 0 radical (unpaired) electrons. The number of amides is 1. The van der Waals surface area contributed by atoms with Crippen LogP contribution in [0.5, 0.6) is 0 Å². The van der Waals surface area contributed by atoms with Gasteiger partial charge in [-0.25, -0.2) is 0 Å². The first kappa shape index (κ1) is 16.4. The summed E-state index contributed by atoms with van der Waals surface area (Å²) in [6.07, 6.45) is 1.65. The van der Waals surface area contributed by atoms with Crippen LogP contribution in [0.15, 0.2) is 12.3 Å². The van der Waals surface area contributed by atoms with Gasteiger partial charge < -0.3 is 19.8 Å². The van der Waals surface area contributed by atoms with E-state index in [1.807, 2.05) is 4.90 Å². The minimum atomic E-state index is 0.0179. The molecule has 3 rings (SSSR count). The van der Waals surface area contributed by atoms with E-state index in [1.54, 1.807) is 24.0 Å². The maximum atomic E-state index is 12.6. The summed E-state index contributed by atoms with van der Waals surface area (Å²) in [7, 11) is 3.94. The number of aliphatic hydroxyl groups is 1. The summed E-state index contributed by atoms with van der Waals surface area (Å²) in [6.45, 7) is 6.80. The van der Waals surface area contributed by atoms with E-state index in [2.05, 4.69) is 21.9 Å². The van der Waals surface area contributed by atoms with E-state index in [9.17, 15) is 9.90 Å². The highest BCUT2D eigenvalue weighted by Gasteiger charge is 2.36. The minimum absolute atomic E-state index is 0.0179. The molecule has 0 bridgehead atoms. The van der Waals surface area contributed by atoms with E-state index in [4.69, 9.17) is 0 Å². The molecule has 2 saturated heterocycles. The maximum absolute atomic E-state index is 12.6. The first-order chi connectivity index (χ1) is 11.1. The van der Waals surface area contributed by atoms with E-state index in [1.165, 1.54) is 0 Å². The van der Waals surface area contributed by atoms with Crippen molar-refractivity contribution in [3.8, 4) is 0 Å². The van der Waals surface area contributed by atoms with Crippen LogP contribution in [0.2, 0.25) is 0 Å². The molecule has 0 aliphatic carbocycles. The molecule has 1 N–H and O–H groups in total. The van der Waals surface area contributed by atoms with Crippen LogP contribution in [0.3, 0.4) is 0 Å². The molecule has 3 heterocycles. The van der Waals surface area contributed by atoms with E-state index < -0.39 is 0 Å². The molecule has 2 atom stereocenters. The Morgan fingerprint density at radius 3 is 2.52 bits per heavy atom. The lowest BCUT2D eigenvalue weighted by Crippen LogP contribution is -2.47. The van der Waals surface area contributed by atoms with Gasteiger partial charge in [0.05, 0.1) is 0 Å². The number of nitrogens with zero attached hydrogens (tertiary/aromatic N) is 5. The van der Waals surface area contributed by atoms with Gasteiger partial charge in [0.2, 0.25) is 0 Å². The van der Waals surface area contributed by atoms with Gasteiger partial charge in [-0.2, -0.15) is 5.10 Å². The standard InChI is InChI=1S/C16H27N5O2/c1-18-5-7-20(8-6-18)9-13-10-21(11-14(13)12-22)16(23)15-3-4-17-19(15)2/h3-4,13-14,22H,5-12H2,1-2H3/t13-,14-/m1/s1. The normalized spacial score (nSPS) is 26.8. The average molecular weight is 321 g/mol. The van der Waals surface area contributed by atoms with Crippen LogP contribution in [0.1, 0.15) is 10.5 Å². The second-order valence-corrected chi connectivity index (χ2v) is 6.86. The molecule has 1 aromatic rings. The molecule has 23 heavy (non-hydrogen) atoms. The van der Waals surface area contributed by atoms with Crippen molar-refractivity contribution >= 4 is 5.91 Å². The Morgan fingerprint density at radius 1 is 1.22 bits per heavy atom. The number of hydrogen-bond donors (Lipinski definition) is 1. The molecule has 1 amide bonds. The van der Waals surface area contributed by atoms with Crippen LogP contribution >= 0.6 is 0 Å². The predicted molar refractivity (Wildman–Crippen MR) is 87.1 cm³/mol. The zero-order chi connectivity index (χ0) is 16.4. The predicted octanol–water partition coefficient (Wildman–Crippen LogP) is -0.652. The summed E-state index contributed by atoms with van der Waals surface area (Å²) >= 11 is 0. The van der Waals surface area contributed by atoms with Crippen LogP contribution in [-0.4, -0.2) is 95.0 Å². The molecular formula is C16H27N5O2. The van der Waals surface area contributed by atoms with Crippen LogP contribution in [0, 0.1) is 11.8 Å². The molecule has 0 aromatic carbocycles. The molecule has 7 nitrogen and oxygen atoms in total. The van der Waals surface area contributed by atoms with Gasteiger partial charge in [0.15, 0.2) is 0 Å². The van der Waals surface area contributed by atoms with Crippen molar-refractivity contribution in [2.45, 2.75) is 0 Å². The summed E-state index contributed by atoms with van der Waals surface area (Å²) in [5.41, 5.74) is 0.613. The van der Waals surface area contributed by atoms with E-state index in [-0.39, 0.29) is 18.4 Å². The smallest absolute Gasteiger partial charge is 0.272 e. The van der Waals surface area contributed by atoms with Crippen molar-refractivity contribution < 1.29 is 9.90 Å². The summed E-state index contributed by atoms with van der Waals surface area (Å²) in [5, 5.41) is 13.8. The molecule has 1 aromatic heterocycles. The van der Waals surface area contributed by atoms with Crippen molar-refractivity contribution in [1.29, 1.82) is 0 Å². The van der Waals surface area contributed by atoms with Gasteiger partial charge in [0.1, 0.15) is 5.69 Å². The highest BCUT2D eigenvalue weighted by molar-refractivity contribution is 5.92. The summed E-state index contributed by atoms with van der Waals surface area (Å²) in [4.78, 5) is 19.3. The monoisotopic (exact) mass is 321 g/mol. The molecular weight excluding hydrogens is 294 g/mol. The van der Waals surface area contributed by atoms with Crippen molar-refractivity contribution in [3.05, 3.63) is 18.0 Å². The molecule has 2 fully saturated rings. The second kappa shape index (κ2) is 6.98. The van der Waals surface area contributed by atoms with Crippen molar-refractivity contribution in [2.75, 3.05) is 59.5 Å². The molecule has 2 aliphatic heterocycles. The number of likely N-dealkylation sites (tertiary alicyclic amines) is 1. The van der Waals surface area contributed by atoms with Gasteiger partial charge in [-0.3, -0.25) is 9.48 Å². The third kappa shape index (κ3) is 3.57. The van der Waals surface area contributed by atoms with Gasteiger partial charge in [-0.1, -0.05) is 0 Å². The number of carbonyl (C=O) groups excluding carboxylic acids is 1. The first-order valence-electron chi connectivity index (χ1n) is 8.37. The van der Waals surface area contributed by atoms with Crippen LogP contribution in [-0.2, 0) is 7.05 Å². The number of hydrogen-bond acceptors (Lipinski definition) is 5. The topological polar surface area (TPSA) is 64.8 Å². The van der Waals surface area contributed by atoms with Gasteiger partial charge in [0, 0.05) is 71.6 Å². The first-order valence-corrected chi connectivity index (χ1v) is 8.37. The Morgan fingerprint density at radius 2 is 1.91 bits per heavy atom. The van der Waals surface area contributed by atoms with Gasteiger partial charge in [0.25, 0.3) is 5.91 Å². The highest BCUT2D eigenvalue weighted by Crippen LogP contribution is 2.26. The third-order valence-electron chi connectivity index (χ3n) is 5.23. The fourth-order valence-electron chi connectivity index (χ4n) is 3.63. The number of aliphatic hydroxyl groups excluding tert-OH is 1. The Balaban J connectivity index is 1.61. The lowest BCUT2D eigenvalue weighted by molar-refractivity contribution is 0.0766. The lowest BCUT2D eigenvalue weighted by Gasteiger charge is -2.34. The fraction of sp³-hybridized carbons (Fsp3) is 0.750. The quantitative estimate of drug-likeness (QED) is 0.798. The van der Waals surface area contributed by atoms with Crippen LogP contribution in [0.25, 0.3) is 0 Å². The number of rotatable bonds is 4. The molecule has 2 aliphatic rings. The summed E-state index contributed by atoms with van der Waals surface area (Å²) < 4.78 is 1.62. The van der Waals surface area contributed by atoms with Crippen LogP contribution < -0.4 is 0 Å². The van der Waals surface area contributed by atoms with Crippen molar-refractivity contribution in [3.63, 3.8) is 0 Å². The second-order valence-electron chi connectivity index (χ2n) is 6.86. The zero-order valence-corrected chi connectivity index (χ0v) is 14.1. The Kier molecular flexibility index (Phi) is 4.99. The average Bonchev–Trinajstić information content (AvgIpc) is 3.15. The number of aryl methyl sites for hydroxylation is 1. The number of carbonyl (C=O) groups is 1. The van der Waals surface area contributed by atoms with Gasteiger partial charge >= 0.3 is 0 Å².